The number of hydrogen-bond donors (Lipinski definition) is 0. The summed E-state index contributed by atoms with van der Waals surface area (Å²) in [5.41, 5.74) is 0. The molecule has 0 aromatic carbocycles. The van der Waals surface area contributed by atoms with Crippen molar-refractivity contribution in [1.29, 1.82) is 0 Å². The van der Waals surface area contributed by atoms with E-state index >= 15 is 0 Å². The lowest BCUT2D eigenvalue weighted by Gasteiger charge is -2.84. The lowest BCUT2D eigenvalue weighted by molar-refractivity contribution is -0.379. The first-order chi connectivity index (χ1) is 9.88. The molecule has 0 aliphatic heterocycles. The molecule has 14 unspecified atom stereocenters. The van der Waals surface area contributed by atoms with Crippen LogP contribution in [0.4, 0.5) is 0 Å². The van der Waals surface area contributed by atoms with Gasteiger partial charge in [0, 0.05) is 0 Å². The van der Waals surface area contributed by atoms with E-state index < -0.39 is 0 Å². The zero-order chi connectivity index (χ0) is 12.2. The first kappa shape index (κ1) is 9.21. The number of hydrogen-bond acceptors (Lipinski definition) is 0. The van der Waals surface area contributed by atoms with Crippen LogP contribution in [0.2, 0.25) is 0 Å². The maximum Gasteiger partial charge on any atom is -0.0312 e. The molecule has 104 valence electrons. The second kappa shape index (κ2) is 2.19. The Morgan fingerprint density at radius 1 is 0.400 bits per heavy atom. The molecule has 0 bridgehead atoms. The lowest BCUT2D eigenvalue weighted by atomic mass is 9.20. The van der Waals surface area contributed by atoms with Crippen LogP contribution in [0.25, 0.3) is 0 Å². The minimum Gasteiger partial charge on any atom is -0.0619 e. The van der Waals surface area contributed by atoms with Crippen molar-refractivity contribution in [2.24, 2.45) is 101 Å². The van der Waals surface area contributed by atoms with E-state index in [1.54, 1.807) is 12.8 Å². The summed E-state index contributed by atoms with van der Waals surface area (Å²) in [4.78, 5) is 0. The Bertz CT molecular complexity index is 607. The van der Waals surface area contributed by atoms with Crippen LogP contribution in [0, 0.1) is 101 Å². The van der Waals surface area contributed by atoms with Crippen LogP contribution in [0.1, 0.15) is 19.8 Å². The lowest BCUT2D eigenvalue weighted by Crippen LogP contribution is -2.81. The molecule has 0 aromatic rings. The third-order valence-corrected chi connectivity index (χ3v) is 11.6. The van der Waals surface area contributed by atoms with Gasteiger partial charge >= 0.3 is 0 Å². The molecule has 0 radical (unpaired) electrons. The minimum atomic E-state index is 1.15. The van der Waals surface area contributed by atoms with E-state index in [0.29, 0.717) is 0 Å². The Hall–Kier alpha value is 0. The topological polar surface area (TPSA) is 0 Å². The number of fused-ring (bicyclic) bond motifs is 21. The van der Waals surface area contributed by atoms with Crippen LogP contribution in [0.3, 0.4) is 0 Å². The van der Waals surface area contributed by atoms with Gasteiger partial charge in [-0.1, -0.05) is 6.92 Å². The van der Waals surface area contributed by atoms with E-state index in [0.717, 1.165) is 5.92 Å². The van der Waals surface area contributed by atoms with Crippen LogP contribution in [0.5, 0.6) is 0 Å². The van der Waals surface area contributed by atoms with Gasteiger partial charge in [-0.3, -0.25) is 0 Å². The molecule has 0 N–H and O–H groups in total. The predicted octanol–water partition coefficient (Wildman–Crippen LogP) is 3.38. The fraction of sp³-hybridized carbons (Fsp3) is 1.00. The van der Waals surface area contributed by atoms with Gasteiger partial charge in [0.05, 0.1) is 0 Å². The van der Waals surface area contributed by atoms with Gasteiger partial charge in [-0.05, 0) is 113 Å². The summed E-state index contributed by atoms with van der Waals surface area (Å²) < 4.78 is 0. The zero-order valence-electron chi connectivity index (χ0n) is 12.2. The summed E-state index contributed by atoms with van der Waals surface area (Å²) in [5, 5.41) is 0. The molecule has 0 amide bonds. The van der Waals surface area contributed by atoms with Crippen molar-refractivity contribution in [1.82, 2.24) is 0 Å². The predicted molar refractivity (Wildman–Crippen MR) is 74.2 cm³/mol. The molecule has 0 aromatic heterocycles. The molecule has 0 heterocycles. The molecule has 0 spiro atoms. The molecule has 8 aliphatic carbocycles. The van der Waals surface area contributed by atoms with E-state index in [4.69, 9.17) is 0 Å². The Kier molecular flexibility index (Phi) is 1.01. The van der Waals surface area contributed by atoms with Gasteiger partial charge in [-0.2, -0.15) is 0 Å². The van der Waals surface area contributed by atoms with Crippen LogP contribution in [-0.4, -0.2) is 0 Å². The summed E-state index contributed by atoms with van der Waals surface area (Å²) in [5.74, 6) is 21.5. The molecule has 0 heteroatoms. The van der Waals surface area contributed by atoms with Gasteiger partial charge < -0.3 is 0 Å². The van der Waals surface area contributed by atoms with Crippen molar-refractivity contribution in [3.8, 4) is 0 Å². The summed E-state index contributed by atoms with van der Waals surface area (Å²) in [6.07, 6.45) is 3.40. The molecule has 8 rings (SSSR count). The van der Waals surface area contributed by atoms with E-state index in [1.165, 1.54) is 94.7 Å². The first-order valence-electron chi connectivity index (χ1n) is 9.88. The van der Waals surface area contributed by atoms with Gasteiger partial charge in [0.1, 0.15) is 0 Å². The van der Waals surface area contributed by atoms with Gasteiger partial charge in [0.15, 0.2) is 0 Å². The second-order valence-electron chi connectivity index (χ2n) is 10.9. The maximum absolute atomic E-state index is 2.72. The fourth-order valence-electron chi connectivity index (χ4n) is 11.8. The molecule has 8 saturated carbocycles. The monoisotopic (exact) mass is 264 g/mol. The summed E-state index contributed by atoms with van der Waals surface area (Å²) in [7, 11) is 0. The molecule has 8 aliphatic rings. The first-order valence-corrected chi connectivity index (χ1v) is 9.88. The average molecular weight is 264 g/mol. The normalized spacial score (nSPS) is 94.3. The quantitative estimate of drug-likeness (QED) is 0.588. The average Bonchev–Trinajstić information content (AvgIpc) is 3.24. The highest BCUT2D eigenvalue weighted by atomic mass is 14.9. The molecular formula is C20H24. The Morgan fingerprint density at radius 2 is 0.750 bits per heavy atom. The smallest absolute Gasteiger partial charge is 0.0312 e. The highest BCUT2D eigenvalue weighted by molar-refractivity contribution is 5.37. The van der Waals surface area contributed by atoms with Gasteiger partial charge in [0.25, 0.3) is 0 Å². The Morgan fingerprint density at radius 3 is 1.35 bits per heavy atom. The SMILES string of the molecule is C[C@H]1C2C3C4C2C2C5CC5C5C6C3C4C6[C@H]5C3C[C@@H]3C21. The summed E-state index contributed by atoms with van der Waals surface area (Å²) >= 11 is 0. The molecule has 0 saturated heterocycles. The largest absolute Gasteiger partial charge is 0.0619 e. The zero-order valence-corrected chi connectivity index (χ0v) is 12.2. The third-order valence-electron chi connectivity index (χ3n) is 11.6. The molecule has 0 nitrogen and oxygen atoms in total. The van der Waals surface area contributed by atoms with Crippen LogP contribution < -0.4 is 0 Å². The van der Waals surface area contributed by atoms with Crippen molar-refractivity contribution in [3.05, 3.63) is 0 Å². The number of rotatable bonds is 0. The summed E-state index contributed by atoms with van der Waals surface area (Å²) in [6.45, 7) is 2.72. The maximum atomic E-state index is 2.72. The molecule has 8 fully saturated rings. The Labute approximate surface area is 121 Å². The minimum absolute atomic E-state index is 1.15. The molecule has 20 heavy (non-hydrogen) atoms. The van der Waals surface area contributed by atoms with Crippen LogP contribution in [0.15, 0.2) is 0 Å². The fourth-order valence-corrected chi connectivity index (χ4v) is 11.8. The molecular weight excluding hydrogens is 240 g/mol. The summed E-state index contributed by atoms with van der Waals surface area (Å²) in [6, 6.07) is 0. The Balaban J connectivity index is 1.40. The van der Waals surface area contributed by atoms with E-state index in [9.17, 15) is 0 Å². The van der Waals surface area contributed by atoms with Crippen molar-refractivity contribution in [3.63, 3.8) is 0 Å². The van der Waals surface area contributed by atoms with Crippen molar-refractivity contribution in [2.45, 2.75) is 19.8 Å². The van der Waals surface area contributed by atoms with Crippen LogP contribution >= 0.6 is 0 Å². The highest BCUT2D eigenvalue weighted by Gasteiger charge is 2.90. The van der Waals surface area contributed by atoms with Gasteiger partial charge in [-0.15, -0.1) is 0 Å². The molecule has 17 atom stereocenters. The van der Waals surface area contributed by atoms with Gasteiger partial charge in [-0.25, -0.2) is 0 Å². The van der Waals surface area contributed by atoms with Crippen molar-refractivity contribution >= 4 is 0 Å². The van der Waals surface area contributed by atoms with Gasteiger partial charge in [0.2, 0.25) is 0 Å². The standard InChI is InChI=1S/C20H24/c1-4-9-5-2-6(5)12-13-8-3-7(8)11(9)14-10(4)15-18(14)20-17(12)16(13)19(15)20/h4-20H,2-3H2,1H3/t4-,5+,6?,7?,8?,9?,10?,11?,12+,13?,14?,15?,16?,17?,18?,19?,20?/m1/s1. The van der Waals surface area contributed by atoms with E-state index in [1.807, 2.05) is 0 Å². The van der Waals surface area contributed by atoms with E-state index in [2.05, 4.69) is 6.92 Å². The second-order valence-corrected chi connectivity index (χ2v) is 10.9. The van der Waals surface area contributed by atoms with Crippen molar-refractivity contribution < 1.29 is 0 Å². The third kappa shape index (κ3) is 0.564. The van der Waals surface area contributed by atoms with Crippen LogP contribution in [-0.2, 0) is 0 Å². The van der Waals surface area contributed by atoms with Crippen molar-refractivity contribution in [2.75, 3.05) is 0 Å². The highest BCUT2D eigenvalue weighted by Crippen LogP contribution is 2.94. The van der Waals surface area contributed by atoms with E-state index in [-0.39, 0.29) is 0 Å².